The van der Waals surface area contributed by atoms with Gasteiger partial charge >= 0.3 is 0 Å². The highest BCUT2D eigenvalue weighted by molar-refractivity contribution is 5.74. The first-order chi connectivity index (χ1) is 7.43. The third kappa shape index (κ3) is 4.02. The molecule has 0 saturated carbocycles. The number of primary amides is 1. The van der Waals surface area contributed by atoms with Crippen LogP contribution in [0.2, 0.25) is 0 Å². The normalized spacial score (nSPS) is 11.7. The first kappa shape index (κ1) is 12.7. The fraction of sp³-hybridized carbons (Fsp3) is 0.636. The predicted octanol–water partition coefficient (Wildman–Crippen LogP) is 0.647. The second-order valence-electron chi connectivity index (χ2n) is 4.58. The minimum Gasteiger partial charge on any atom is -0.370 e. The highest BCUT2D eigenvalue weighted by atomic mass is 16.1. The van der Waals surface area contributed by atoms with Gasteiger partial charge in [-0.2, -0.15) is 5.10 Å². The highest BCUT2D eigenvalue weighted by Gasteiger charge is 2.19. The maximum atomic E-state index is 10.8. The number of carbonyl (C=O) groups excluding carboxylic acids is 1. The molecule has 5 nitrogen and oxygen atoms in total. The van der Waals surface area contributed by atoms with E-state index in [2.05, 4.69) is 10.4 Å². The predicted molar refractivity (Wildman–Crippen MR) is 62.6 cm³/mol. The van der Waals surface area contributed by atoms with Crippen LogP contribution in [0.15, 0.2) is 12.4 Å². The van der Waals surface area contributed by atoms with Crippen molar-refractivity contribution in [1.82, 2.24) is 15.1 Å². The Bertz CT molecular complexity index is 357. The molecule has 90 valence electrons. The Labute approximate surface area is 96.0 Å². The Kier molecular flexibility index (Phi) is 4.06. The topological polar surface area (TPSA) is 72.9 Å². The lowest BCUT2D eigenvalue weighted by atomic mass is 10.0. The molecule has 0 aliphatic heterocycles. The summed E-state index contributed by atoms with van der Waals surface area (Å²) >= 11 is 0. The fourth-order valence-corrected chi connectivity index (χ4v) is 1.51. The van der Waals surface area contributed by atoms with Crippen LogP contribution in [0.25, 0.3) is 0 Å². The van der Waals surface area contributed by atoms with E-state index in [-0.39, 0.29) is 11.4 Å². The van der Waals surface area contributed by atoms with Crippen LogP contribution in [0.5, 0.6) is 0 Å². The zero-order valence-electron chi connectivity index (χ0n) is 10.2. The van der Waals surface area contributed by atoms with Crippen LogP contribution in [0, 0.1) is 0 Å². The number of carbonyl (C=O) groups is 1. The summed E-state index contributed by atoms with van der Waals surface area (Å²) in [6, 6.07) is 0. The van der Waals surface area contributed by atoms with Crippen molar-refractivity contribution in [2.24, 2.45) is 5.73 Å². The fourth-order valence-electron chi connectivity index (χ4n) is 1.51. The first-order valence-electron chi connectivity index (χ1n) is 5.47. The summed E-state index contributed by atoms with van der Waals surface area (Å²) in [7, 11) is 0. The molecule has 1 amide bonds. The van der Waals surface area contributed by atoms with E-state index in [0.29, 0.717) is 13.0 Å². The smallest absolute Gasteiger partial charge is 0.219 e. The van der Waals surface area contributed by atoms with Crippen LogP contribution in [0.3, 0.4) is 0 Å². The van der Waals surface area contributed by atoms with Crippen molar-refractivity contribution in [3.8, 4) is 0 Å². The molecule has 0 aliphatic carbocycles. The summed E-state index contributed by atoms with van der Waals surface area (Å²) in [6.45, 7) is 7.52. The van der Waals surface area contributed by atoms with Crippen molar-refractivity contribution in [1.29, 1.82) is 0 Å². The molecule has 1 aromatic heterocycles. The summed E-state index contributed by atoms with van der Waals surface area (Å²) in [5, 5.41) is 7.47. The van der Waals surface area contributed by atoms with Crippen molar-refractivity contribution in [2.75, 3.05) is 0 Å². The minimum absolute atomic E-state index is 0.278. The van der Waals surface area contributed by atoms with Crippen LogP contribution in [0.4, 0.5) is 0 Å². The molecule has 16 heavy (non-hydrogen) atoms. The average molecular weight is 224 g/mol. The standard InChI is InChI=1S/C11H20N4O/c1-4-15-8-9(7-14-15)6-13-11(2,3)5-10(12)16/h7-8,13H,4-6H2,1-3H3,(H2,12,16). The van der Waals surface area contributed by atoms with E-state index >= 15 is 0 Å². The summed E-state index contributed by atoms with van der Waals surface area (Å²) < 4.78 is 1.87. The highest BCUT2D eigenvalue weighted by Crippen LogP contribution is 2.09. The van der Waals surface area contributed by atoms with Gasteiger partial charge in [0.25, 0.3) is 0 Å². The van der Waals surface area contributed by atoms with Crippen LogP contribution >= 0.6 is 0 Å². The van der Waals surface area contributed by atoms with Gasteiger partial charge in [-0.15, -0.1) is 0 Å². The molecule has 0 aliphatic rings. The Hall–Kier alpha value is -1.36. The molecule has 1 heterocycles. The number of aromatic nitrogens is 2. The lowest BCUT2D eigenvalue weighted by Gasteiger charge is -2.24. The Balaban J connectivity index is 2.47. The number of nitrogens with one attached hydrogen (secondary N) is 1. The van der Waals surface area contributed by atoms with Gasteiger partial charge in [-0.3, -0.25) is 9.48 Å². The van der Waals surface area contributed by atoms with Gasteiger partial charge in [0, 0.05) is 36.8 Å². The third-order valence-electron chi connectivity index (χ3n) is 2.40. The van der Waals surface area contributed by atoms with Crippen molar-refractivity contribution in [2.45, 2.75) is 45.8 Å². The lowest BCUT2D eigenvalue weighted by Crippen LogP contribution is -2.42. The number of hydrogen-bond donors (Lipinski definition) is 2. The van der Waals surface area contributed by atoms with Gasteiger partial charge in [0.05, 0.1) is 6.20 Å². The molecule has 0 aromatic carbocycles. The third-order valence-corrected chi connectivity index (χ3v) is 2.40. The van der Waals surface area contributed by atoms with Gasteiger partial charge in [0.1, 0.15) is 0 Å². The van der Waals surface area contributed by atoms with Crippen LogP contribution in [-0.2, 0) is 17.9 Å². The SMILES string of the molecule is CCn1cc(CNC(C)(C)CC(N)=O)cn1. The van der Waals surface area contributed by atoms with Crippen molar-refractivity contribution >= 4 is 5.91 Å². The molecule has 0 atom stereocenters. The van der Waals surface area contributed by atoms with E-state index in [9.17, 15) is 4.79 Å². The lowest BCUT2D eigenvalue weighted by molar-refractivity contribution is -0.119. The number of nitrogens with two attached hydrogens (primary N) is 1. The number of amides is 1. The number of rotatable bonds is 6. The molecule has 0 fully saturated rings. The van der Waals surface area contributed by atoms with Crippen LogP contribution in [-0.4, -0.2) is 21.2 Å². The molecule has 5 heteroatoms. The molecular formula is C11H20N4O. The minimum atomic E-state index is -0.290. The van der Waals surface area contributed by atoms with E-state index in [1.807, 2.05) is 37.8 Å². The maximum Gasteiger partial charge on any atom is 0.219 e. The summed E-state index contributed by atoms with van der Waals surface area (Å²) in [5.41, 5.74) is 6.01. The Morgan fingerprint density at radius 1 is 1.62 bits per heavy atom. The Morgan fingerprint density at radius 3 is 2.81 bits per heavy atom. The first-order valence-corrected chi connectivity index (χ1v) is 5.47. The monoisotopic (exact) mass is 224 g/mol. The molecule has 0 unspecified atom stereocenters. The quantitative estimate of drug-likeness (QED) is 0.745. The van der Waals surface area contributed by atoms with Gasteiger partial charge in [0.2, 0.25) is 5.91 Å². The number of nitrogens with zero attached hydrogens (tertiary/aromatic N) is 2. The van der Waals surface area contributed by atoms with Gasteiger partial charge in [-0.05, 0) is 20.8 Å². The summed E-state index contributed by atoms with van der Waals surface area (Å²) in [5.74, 6) is -0.290. The van der Waals surface area contributed by atoms with Gasteiger partial charge < -0.3 is 11.1 Å². The molecular weight excluding hydrogens is 204 g/mol. The van der Waals surface area contributed by atoms with Gasteiger partial charge in [0.15, 0.2) is 0 Å². The second-order valence-corrected chi connectivity index (χ2v) is 4.58. The van der Waals surface area contributed by atoms with E-state index in [4.69, 9.17) is 5.73 Å². The Morgan fingerprint density at radius 2 is 2.31 bits per heavy atom. The zero-order chi connectivity index (χ0) is 12.2. The van der Waals surface area contributed by atoms with Crippen molar-refractivity contribution < 1.29 is 4.79 Å². The second kappa shape index (κ2) is 5.12. The summed E-state index contributed by atoms with van der Waals surface area (Å²) in [6.07, 6.45) is 4.15. The van der Waals surface area contributed by atoms with Crippen molar-refractivity contribution in [3.05, 3.63) is 18.0 Å². The maximum absolute atomic E-state index is 10.8. The van der Waals surface area contributed by atoms with Crippen molar-refractivity contribution in [3.63, 3.8) is 0 Å². The average Bonchev–Trinajstić information content (AvgIpc) is 2.60. The molecule has 0 bridgehead atoms. The molecule has 0 saturated heterocycles. The van der Waals surface area contributed by atoms with Crippen LogP contribution < -0.4 is 11.1 Å². The van der Waals surface area contributed by atoms with E-state index in [1.165, 1.54) is 0 Å². The molecule has 0 radical (unpaired) electrons. The molecule has 3 N–H and O–H groups in total. The van der Waals surface area contributed by atoms with E-state index in [1.54, 1.807) is 0 Å². The van der Waals surface area contributed by atoms with Gasteiger partial charge in [-0.25, -0.2) is 0 Å². The molecule has 1 rings (SSSR count). The van der Waals surface area contributed by atoms with E-state index in [0.717, 1.165) is 12.1 Å². The number of aryl methyl sites for hydroxylation is 1. The molecule has 1 aromatic rings. The summed E-state index contributed by atoms with van der Waals surface area (Å²) in [4.78, 5) is 10.8. The largest absolute Gasteiger partial charge is 0.370 e. The molecule has 0 spiro atoms. The zero-order valence-corrected chi connectivity index (χ0v) is 10.2. The van der Waals surface area contributed by atoms with Crippen LogP contribution in [0.1, 0.15) is 32.8 Å². The van der Waals surface area contributed by atoms with Gasteiger partial charge in [-0.1, -0.05) is 0 Å². The van der Waals surface area contributed by atoms with E-state index < -0.39 is 0 Å². The number of hydrogen-bond acceptors (Lipinski definition) is 3.